The van der Waals surface area contributed by atoms with Crippen molar-refractivity contribution in [2.45, 2.75) is 20.3 Å². The first-order chi connectivity index (χ1) is 8.74. The average Bonchev–Trinajstić information content (AvgIpc) is 2.39. The third-order valence-corrected chi connectivity index (χ3v) is 2.51. The lowest BCUT2D eigenvalue weighted by Crippen LogP contribution is -2.08. The molecule has 4 nitrogen and oxygen atoms in total. The van der Waals surface area contributed by atoms with Crippen molar-refractivity contribution in [2.24, 2.45) is 0 Å². The van der Waals surface area contributed by atoms with E-state index in [9.17, 15) is 4.79 Å². The summed E-state index contributed by atoms with van der Waals surface area (Å²) >= 11 is 0. The molecule has 18 heavy (non-hydrogen) atoms. The number of carbonyl (C=O) groups is 1. The fourth-order valence-electron chi connectivity index (χ4n) is 1.57. The molecule has 0 unspecified atom stereocenters. The minimum atomic E-state index is 0.412. The number of hydrogen-bond acceptors (Lipinski definition) is 4. The number of rotatable bonds is 8. The third kappa shape index (κ3) is 3.74. The molecule has 0 heterocycles. The SMILES string of the molecule is CCCOc1ccc(C=O)c(OCCOC)c1C. The Bertz CT molecular complexity index is 388. The summed E-state index contributed by atoms with van der Waals surface area (Å²) in [6, 6.07) is 3.52. The zero-order valence-electron chi connectivity index (χ0n) is 11.2. The van der Waals surface area contributed by atoms with Crippen molar-refractivity contribution < 1.29 is 19.0 Å². The van der Waals surface area contributed by atoms with Crippen LogP contribution in [0.1, 0.15) is 29.3 Å². The Labute approximate surface area is 108 Å². The van der Waals surface area contributed by atoms with E-state index < -0.39 is 0 Å². The average molecular weight is 252 g/mol. The molecule has 1 rings (SSSR count). The predicted molar refractivity (Wildman–Crippen MR) is 69.7 cm³/mol. The molecule has 0 radical (unpaired) electrons. The summed E-state index contributed by atoms with van der Waals surface area (Å²) in [7, 11) is 1.61. The van der Waals surface area contributed by atoms with Crippen LogP contribution in [-0.2, 0) is 4.74 Å². The number of ether oxygens (including phenoxy) is 3. The highest BCUT2D eigenvalue weighted by molar-refractivity contribution is 5.81. The minimum Gasteiger partial charge on any atom is -0.493 e. The fraction of sp³-hybridized carbons (Fsp3) is 0.500. The van der Waals surface area contributed by atoms with Crippen LogP contribution in [0.2, 0.25) is 0 Å². The number of carbonyl (C=O) groups excluding carboxylic acids is 1. The lowest BCUT2D eigenvalue weighted by atomic mass is 10.1. The molecule has 100 valence electrons. The number of hydrogen-bond donors (Lipinski definition) is 0. The van der Waals surface area contributed by atoms with Gasteiger partial charge in [0.25, 0.3) is 0 Å². The molecule has 1 aromatic rings. The predicted octanol–water partition coefficient (Wildman–Crippen LogP) is 2.62. The van der Waals surface area contributed by atoms with E-state index in [-0.39, 0.29) is 0 Å². The molecule has 0 saturated carbocycles. The van der Waals surface area contributed by atoms with E-state index in [1.807, 2.05) is 13.8 Å². The summed E-state index contributed by atoms with van der Waals surface area (Å²) in [5.74, 6) is 1.34. The molecule has 0 aliphatic carbocycles. The first-order valence-electron chi connectivity index (χ1n) is 6.07. The maximum Gasteiger partial charge on any atom is 0.153 e. The molecule has 4 heteroatoms. The Morgan fingerprint density at radius 2 is 1.94 bits per heavy atom. The Kier molecular flexibility index (Phi) is 6.22. The molecule has 0 N–H and O–H groups in total. The van der Waals surface area contributed by atoms with Gasteiger partial charge in [-0.3, -0.25) is 4.79 Å². The van der Waals surface area contributed by atoms with Crippen LogP contribution in [0.25, 0.3) is 0 Å². The van der Waals surface area contributed by atoms with Gasteiger partial charge in [-0.25, -0.2) is 0 Å². The molecule has 0 atom stereocenters. The van der Waals surface area contributed by atoms with E-state index in [0.717, 1.165) is 24.0 Å². The second-order valence-electron chi connectivity index (χ2n) is 3.91. The van der Waals surface area contributed by atoms with Gasteiger partial charge in [-0.1, -0.05) is 6.92 Å². The topological polar surface area (TPSA) is 44.8 Å². The van der Waals surface area contributed by atoms with Gasteiger partial charge < -0.3 is 14.2 Å². The summed E-state index contributed by atoms with van der Waals surface area (Å²) < 4.78 is 16.1. The Balaban J connectivity index is 2.91. The monoisotopic (exact) mass is 252 g/mol. The molecule has 0 bridgehead atoms. The standard InChI is InChI=1S/C14H20O4/c1-4-7-17-13-6-5-12(10-15)14(11(13)2)18-9-8-16-3/h5-6,10H,4,7-9H2,1-3H3. The Hall–Kier alpha value is -1.55. The quantitative estimate of drug-likeness (QED) is 0.527. The highest BCUT2D eigenvalue weighted by Gasteiger charge is 2.11. The van der Waals surface area contributed by atoms with E-state index >= 15 is 0 Å². The van der Waals surface area contributed by atoms with Crippen LogP contribution in [0, 0.1) is 6.92 Å². The van der Waals surface area contributed by atoms with Gasteiger partial charge in [0.1, 0.15) is 18.1 Å². The van der Waals surface area contributed by atoms with Gasteiger partial charge >= 0.3 is 0 Å². The van der Waals surface area contributed by atoms with Crippen LogP contribution in [0.4, 0.5) is 0 Å². The van der Waals surface area contributed by atoms with Crippen molar-refractivity contribution in [3.05, 3.63) is 23.3 Å². The molecular formula is C14H20O4. The van der Waals surface area contributed by atoms with E-state index in [2.05, 4.69) is 0 Å². The summed E-state index contributed by atoms with van der Waals surface area (Å²) in [4.78, 5) is 11.0. The van der Waals surface area contributed by atoms with Crippen LogP contribution in [-0.4, -0.2) is 33.2 Å². The van der Waals surface area contributed by atoms with Crippen LogP contribution >= 0.6 is 0 Å². The van der Waals surface area contributed by atoms with Crippen molar-refractivity contribution in [1.82, 2.24) is 0 Å². The number of aldehydes is 1. The largest absolute Gasteiger partial charge is 0.493 e. The fourth-order valence-corrected chi connectivity index (χ4v) is 1.57. The normalized spacial score (nSPS) is 10.2. The van der Waals surface area contributed by atoms with Crippen LogP contribution < -0.4 is 9.47 Å². The molecular weight excluding hydrogens is 232 g/mol. The van der Waals surface area contributed by atoms with Gasteiger partial charge in [-0.15, -0.1) is 0 Å². The lowest BCUT2D eigenvalue weighted by Gasteiger charge is -2.15. The van der Waals surface area contributed by atoms with Crippen molar-refractivity contribution in [3.8, 4) is 11.5 Å². The number of methoxy groups -OCH3 is 1. The van der Waals surface area contributed by atoms with E-state index in [4.69, 9.17) is 14.2 Å². The maximum atomic E-state index is 11.0. The summed E-state index contributed by atoms with van der Waals surface area (Å²) in [5, 5.41) is 0. The van der Waals surface area contributed by atoms with Gasteiger partial charge in [0.05, 0.1) is 18.8 Å². The minimum absolute atomic E-state index is 0.412. The van der Waals surface area contributed by atoms with E-state index in [0.29, 0.717) is 31.1 Å². The summed E-state index contributed by atoms with van der Waals surface area (Å²) in [6.07, 6.45) is 1.73. The van der Waals surface area contributed by atoms with Crippen molar-refractivity contribution in [1.29, 1.82) is 0 Å². The van der Waals surface area contributed by atoms with Crippen molar-refractivity contribution in [3.63, 3.8) is 0 Å². The molecule has 0 spiro atoms. The molecule has 1 aromatic carbocycles. The van der Waals surface area contributed by atoms with Crippen molar-refractivity contribution in [2.75, 3.05) is 26.9 Å². The molecule has 0 amide bonds. The Morgan fingerprint density at radius 1 is 1.17 bits per heavy atom. The molecule has 0 aliphatic rings. The maximum absolute atomic E-state index is 11.0. The second-order valence-corrected chi connectivity index (χ2v) is 3.91. The van der Waals surface area contributed by atoms with Gasteiger partial charge in [0.15, 0.2) is 6.29 Å². The zero-order valence-corrected chi connectivity index (χ0v) is 11.2. The lowest BCUT2D eigenvalue weighted by molar-refractivity contribution is 0.111. The highest BCUT2D eigenvalue weighted by Crippen LogP contribution is 2.30. The third-order valence-electron chi connectivity index (χ3n) is 2.51. The number of benzene rings is 1. The highest BCUT2D eigenvalue weighted by atomic mass is 16.5. The van der Waals surface area contributed by atoms with Gasteiger partial charge in [0, 0.05) is 12.7 Å². The first-order valence-corrected chi connectivity index (χ1v) is 6.07. The molecule has 0 saturated heterocycles. The Morgan fingerprint density at radius 3 is 2.56 bits per heavy atom. The first kappa shape index (κ1) is 14.5. The van der Waals surface area contributed by atoms with E-state index in [1.165, 1.54) is 0 Å². The summed E-state index contributed by atoms with van der Waals surface area (Å²) in [5.41, 5.74) is 1.39. The van der Waals surface area contributed by atoms with Crippen LogP contribution in [0.5, 0.6) is 11.5 Å². The van der Waals surface area contributed by atoms with Crippen molar-refractivity contribution >= 4 is 6.29 Å². The van der Waals surface area contributed by atoms with E-state index in [1.54, 1.807) is 19.2 Å². The van der Waals surface area contributed by atoms with Gasteiger partial charge in [-0.2, -0.15) is 0 Å². The molecule has 0 aromatic heterocycles. The van der Waals surface area contributed by atoms with Gasteiger partial charge in [-0.05, 0) is 25.5 Å². The van der Waals surface area contributed by atoms with Crippen LogP contribution in [0.15, 0.2) is 12.1 Å². The van der Waals surface area contributed by atoms with Crippen LogP contribution in [0.3, 0.4) is 0 Å². The molecule has 0 fully saturated rings. The smallest absolute Gasteiger partial charge is 0.153 e. The summed E-state index contributed by atoms with van der Waals surface area (Å²) in [6.45, 7) is 5.48. The zero-order chi connectivity index (χ0) is 13.4. The molecule has 0 aliphatic heterocycles. The second kappa shape index (κ2) is 7.71. The van der Waals surface area contributed by atoms with Gasteiger partial charge in [0.2, 0.25) is 0 Å².